The summed E-state index contributed by atoms with van der Waals surface area (Å²) < 4.78 is 0. The van der Waals surface area contributed by atoms with Gasteiger partial charge in [-0.1, -0.05) is 13.5 Å². The maximum Gasteiger partial charge on any atom is 0.271 e. The molecule has 2 aromatic rings. The number of likely N-dealkylation sites (N-methyl/N-ethyl adjacent to an activating group) is 1. The fraction of sp³-hybridized carbons (Fsp3) is 0.562. The van der Waals surface area contributed by atoms with E-state index in [0.717, 1.165) is 57.8 Å². The van der Waals surface area contributed by atoms with Crippen LogP contribution in [0.3, 0.4) is 0 Å². The SMILES string of the molecule is C=CC(=O)N1CCC(CNc2nc(Nc3ccc(N4CCC(N5CCN(C)CC5)CC4)cc3)c(C(N)=O)nc2CC)CC1. The van der Waals surface area contributed by atoms with Gasteiger partial charge in [-0.15, -0.1) is 0 Å². The minimum Gasteiger partial charge on any atom is -0.371 e. The average molecular weight is 590 g/mol. The molecule has 0 unspecified atom stereocenters. The molecule has 3 aliphatic heterocycles. The molecule has 3 fully saturated rings. The topological polar surface area (TPSA) is 123 Å². The van der Waals surface area contributed by atoms with Crippen LogP contribution in [0.4, 0.5) is 23.0 Å². The molecular formula is C32H47N9O2. The highest BCUT2D eigenvalue weighted by Gasteiger charge is 2.27. The van der Waals surface area contributed by atoms with Gasteiger partial charge in [0.15, 0.2) is 11.5 Å². The van der Waals surface area contributed by atoms with Crippen LogP contribution in [-0.4, -0.2) is 108 Å². The van der Waals surface area contributed by atoms with Crippen molar-refractivity contribution < 1.29 is 9.59 Å². The summed E-state index contributed by atoms with van der Waals surface area (Å²) in [5.74, 6) is 0.781. The molecule has 1 aromatic carbocycles. The van der Waals surface area contributed by atoms with Crippen molar-refractivity contribution in [2.75, 3.05) is 81.5 Å². The molecule has 3 aliphatic rings. The van der Waals surface area contributed by atoms with Gasteiger partial charge in [0.25, 0.3) is 5.91 Å². The zero-order valence-corrected chi connectivity index (χ0v) is 25.7. The van der Waals surface area contributed by atoms with Crippen LogP contribution in [-0.2, 0) is 11.2 Å². The summed E-state index contributed by atoms with van der Waals surface area (Å²) in [6.07, 6.45) is 6.18. The number of carbonyl (C=O) groups excluding carboxylic acids is 2. The predicted molar refractivity (Wildman–Crippen MR) is 172 cm³/mol. The lowest BCUT2D eigenvalue weighted by molar-refractivity contribution is -0.127. The van der Waals surface area contributed by atoms with Gasteiger partial charge < -0.3 is 31.1 Å². The molecule has 4 N–H and O–H groups in total. The van der Waals surface area contributed by atoms with E-state index < -0.39 is 5.91 Å². The highest BCUT2D eigenvalue weighted by molar-refractivity contribution is 5.96. The molecule has 1 aromatic heterocycles. The summed E-state index contributed by atoms with van der Waals surface area (Å²) in [6, 6.07) is 8.97. The number of rotatable bonds is 10. The first-order valence-corrected chi connectivity index (χ1v) is 15.7. The van der Waals surface area contributed by atoms with Gasteiger partial charge in [0, 0.05) is 76.3 Å². The van der Waals surface area contributed by atoms with Crippen molar-refractivity contribution in [1.82, 2.24) is 24.7 Å². The van der Waals surface area contributed by atoms with Gasteiger partial charge in [0.05, 0.1) is 5.69 Å². The van der Waals surface area contributed by atoms with E-state index in [1.165, 1.54) is 37.7 Å². The molecule has 4 heterocycles. The van der Waals surface area contributed by atoms with Gasteiger partial charge in [-0.25, -0.2) is 9.97 Å². The highest BCUT2D eigenvalue weighted by Crippen LogP contribution is 2.28. The van der Waals surface area contributed by atoms with Crippen molar-refractivity contribution in [2.24, 2.45) is 11.7 Å². The minimum absolute atomic E-state index is 0.0119. The van der Waals surface area contributed by atoms with Gasteiger partial charge in [0.1, 0.15) is 5.82 Å². The molecule has 0 aliphatic carbocycles. The van der Waals surface area contributed by atoms with Gasteiger partial charge in [-0.05, 0) is 75.4 Å². The number of piperidine rings is 2. The van der Waals surface area contributed by atoms with E-state index in [0.29, 0.717) is 42.3 Å². The molecule has 0 saturated carbocycles. The van der Waals surface area contributed by atoms with Crippen molar-refractivity contribution in [3.8, 4) is 0 Å². The molecular weight excluding hydrogens is 542 g/mol. The lowest BCUT2D eigenvalue weighted by Gasteiger charge is -2.42. The Kier molecular flexibility index (Phi) is 10.1. The molecule has 0 bridgehead atoms. The fourth-order valence-electron chi connectivity index (χ4n) is 6.41. The third-order valence-corrected chi connectivity index (χ3v) is 9.21. The first-order chi connectivity index (χ1) is 20.8. The number of nitrogens with two attached hydrogens (primary N) is 1. The van der Waals surface area contributed by atoms with Crippen molar-refractivity contribution in [2.45, 2.75) is 45.1 Å². The quantitative estimate of drug-likeness (QED) is 0.359. The van der Waals surface area contributed by atoms with Crippen LogP contribution in [0.2, 0.25) is 0 Å². The van der Waals surface area contributed by atoms with Crippen molar-refractivity contribution >= 4 is 34.8 Å². The summed E-state index contributed by atoms with van der Waals surface area (Å²) in [7, 11) is 2.21. The predicted octanol–water partition coefficient (Wildman–Crippen LogP) is 2.93. The van der Waals surface area contributed by atoms with Crippen LogP contribution in [0.25, 0.3) is 0 Å². The lowest BCUT2D eigenvalue weighted by atomic mass is 9.96. The van der Waals surface area contributed by atoms with E-state index in [1.54, 1.807) is 0 Å². The molecule has 0 spiro atoms. The van der Waals surface area contributed by atoms with E-state index in [4.69, 9.17) is 10.7 Å². The van der Waals surface area contributed by atoms with E-state index in [1.807, 2.05) is 24.0 Å². The van der Waals surface area contributed by atoms with Crippen molar-refractivity contribution in [3.05, 3.63) is 48.3 Å². The second-order valence-electron chi connectivity index (χ2n) is 12.0. The number of nitrogens with one attached hydrogen (secondary N) is 2. The fourth-order valence-corrected chi connectivity index (χ4v) is 6.41. The van der Waals surface area contributed by atoms with Crippen LogP contribution >= 0.6 is 0 Å². The summed E-state index contributed by atoms with van der Waals surface area (Å²) in [5, 5.41) is 6.76. The Labute approximate surface area is 255 Å². The monoisotopic (exact) mass is 589 g/mol. The summed E-state index contributed by atoms with van der Waals surface area (Å²) in [4.78, 5) is 43.0. The molecule has 232 valence electrons. The largest absolute Gasteiger partial charge is 0.371 e. The normalized spacial score (nSPS) is 19.3. The van der Waals surface area contributed by atoms with Crippen LogP contribution < -0.4 is 21.3 Å². The number of nitrogens with zero attached hydrogens (tertiary/aromatic N) is 6. The third kappa shape index (κ3) is 7.64. The maximum absolute atomic E-state index is 12.3. The molecule has 43 heavy (non-hydrogen) atoms. The van der Waals surface area contributed by atoms with Crippen molar-refractivity contribution in [3.63, 3.8) is 0 Å². The number of carbonyl (C=O) groups is 2. The number of hydrogen-bond acceptors (Lipinski definition) is 9. The number of primary amides is 1. The number of hydrogen-bond donors (Lipinski definition) is 3. The smallest absolute Gasteiger partial charge is 0.271 e. The maximum atomic E-state index is 12.3. The third-order valence-electron chi connectivity index (χ3n) is 9.21. The Hall–Kier alpha value is -3.70. The van der Waals surface area contributed by atoms with E-state index in [-0.39, 0.29) is 11.6 Å². The highest BCUT2D eigenvalue weighted by atomic mass is 16.2. The molecule has 11 heteroatoms. The number of amides is 2. The number of aryl methyl sites for hydroxylation is 1. The molecule has 3 saturated heterocycles. The zero-order chi connectivity index (χ0) is 30.3. The average Bonchev–Trinajstić information content (AvgIpc) is 3.04. The number of piperazine rings is 1. The zero-order valence-electron chi connectivity index (χ0n) is 25.7. The summed E-state index contributed by atoms with van der Waals surface area (Å²) >= 11 is 0. The van der Waals surface area contributed by atoms with Crippen LogP contribution in [0.5, 0.6) is 0 Å². The van der Waals surface area contributed by atoms with Crippen LogP contribution in [0.1, 0.15) is 48.8 Å². The van der Waals surface area contributed by atoms with Crippen molar-refractivity contribution in [1.29, 1.82) is 0 Å². The van der Waals surface area contributed by atoms with Gasteiger partial charge >= 0.3 is 0 Å². The van der Waals surface area contributed by atoms with Crippen LogP contribution in [0, 0.1) is 5.92 Å². The molecule has 0 radical (unpaired) electrons. The van der Waals surface area contributed by atoms with Gasteiger partial charge in [-0.3, -0.25) is 14.5 Å². The lowest BCUT2D eigenvalue weighted by Crippen LogP contribution is -2.52. The number of benzene rings is 1. The summed E-state index contributed by atoms with van der Waals surface area (Å²) in [5.41, 5.74) is 8.58. The minimum atomic E-state index is -0.615. The first kappa shape index (κ1) is 30.7. The van der Waals surface area contributed by atoms with Gasteiger partial charge in [-0.2, -0.15) is 0 Å². The Bertz CT molecular complexity index is 1260. The Balaban J connectivity index is 1.20. The Morgan fingerprint density at radius 2 is 1.63 bits per heavy atom. The number of likely N-dealkylation sites (tertiary alicyclic amines) is 1. The molecule has 2 amide bonds. The second-order valence-corrected chi connectivity index (χ2v) is 12.0. The number of anilines is 4. The standard InChI is InChI=1S/C32H47N9O2/c1-4-27-31(34-22-23-10-14-41(15-11-23)28(42)5-2)37-32(29(36-27)30(33)43)35-24-6-8-25(9-7-24)39-16-12-26(13-17-39)40-20-18-38(3)19-21-40/h5-9,23,26H,2,4,10-22H2,1,3H3,(H2,33,43)(H2,34,35,37). The van der Waals surface area contributed by atoms with Gasteiger partial charge in [0.2, 0.25) is 5.91 Å². The second kappa shape index (κ2) is 14.2. The van der Waals surface area contributed by atoms with Crippen LogP contribution in [0.15, 0.2) is 36.9 Å². The summed E-state index contributed by atoms with van der Waals surface area (Å²) in [6.45, 7) is 14.5. The molecule has 5 rings (SSSR count). The Morgan fingerprint density at radius 3 is 2.23 bits per heavy atom. The first-order valence-electron chi connectivity index (χ1n) is 15.7. The number of aromatic nitrogens is 2. The van der Waals surface area contributed by atoms with E-state index in [2.05, 4.69) is 56.1 Å². The van der Waals surface area contributed by atoms with E-state index >= 15 is 0 Å². The van der Waals surface area contributed by atoms with E-state index in [9.17, 15) is 9.59 Å². The molecule has 0 atom stereocenters. The Morgan fingerprint density at radius 1 is 0.953 bits per heavy atom. The molecule has 11 nitrogen and oxygen atoms in total.